The molecule has 2 N–H and O–H groups in total. The Hall–Kier alpha value is -2.55. The Bertz CT molecular complexity index is 1700. The van der Waals surface area contributed by atoms with Gasteiger partial charge in [-0.2, -0.15) is 0 Å². The van der Waals surface area contributed by atoms with Gasteiger partial charge in [-0.3, -0.25) is 18.6 Å². The van der Waals surface area contributed by atoms with Crippen molar-refractivity contribution in [1.82, 2.24) is 5.32 Å². The molecule has 10 heteroatoms. The zero-order valence-corrected chi connectivity index (χ0v) is 58.5. The molecule has 3 unspecified atom stereocenters. The molecule has 0 aliphatic carbocycles. The fraction of sp³-hybridized carbons (Fsp3) is 0.816. The standard InChI is InChI=1S/C76H141N2O7P/c1-7-10-13-16-19-22-25-28-30-32-34-36-38-39-41-43-45-47-49-51-54-57-60-63-66-69-76(80)85-74(67-64-61-58-55-52-27-24-21-18-15-12-9-3)73(72-84-86(81,82)83-71-70-78(4,5)6)77-75(79)68-65-62-59-56-53-50-48-46-44-42-40-37-35-33-31-29-26-23-20-17-14-11-8-2/h19-20,22-23,28-31,34,36,64,67,73-74H,7-18,21,24-27,32-33,35,37-63,65-66,68-72H2,1-6H3,(H-,77,79,81,82)/p+1/b22-19-,23-20-,30-28-,31-29-,36-34-,67-64+. The molecule has 0 rings (SSSR count). The van der Waals surface area contributed by atoms with Crippen molar-refractivity contribution in [3.8, 4) is 0 Å². The normalized spacial score (nSPS) is 13.9. The molecule has 9 nitrogen and oxygen atoms in total. The van der Waals surface area contributed by atoms with Gasteiger partial charge in [0, 0.05) is 12.8 Å². The fourth-order valence-electron chi connectivity index (χ4n) is 10.7. The minimum Gasteiger partial charge on any atom is -0.456 e. The van der Waals surface area contributed by atoms with E-state index in [0.29, 0.717) is 17.4 Å². The van der Waals surface area contributed by atoms with Crippen LogP contribution in [0.5, 0.6) is 0 Å². The van der Waals surface area contributed by atoms with Gasteiger partial charge in [-0.1, -0.05) is 306 Å². The number of carbonyl (C=O) groups is 2. The monoisotopic (exact) mass is 1230 g/mol. The maximum Gasteiger partial charge on any atom is 0.472 e. The number of rotatable bonds is 67. The van der Waals surface area contributed by atoms with Gasteiger partial charge < -0.3 is 19.4 Å². The van der Waals surface area contributed by atoms with Crippen LogP contribution in [0.4, 0.5) is 0 Å². The van der Waals surface area contributed by atoms with Crippen molar-refractivity contribution in [3.05, 3.63) is 72.9 Å². The molecular weight excluding hydrogens is 1080 g/mol. The lowest BCUT2D eigenvalue weighted by atomic mass is 10.0. The maximum absolute atomic E-state index is 13.6. The number of nitrogens with one attached hydrogen (secondary N) is 1. The molecule has 0 bridgehead atoms. The molecule has 0 radical (unpaired) electrons. The predicted molar refractivity (Wildman–Crippen MR) is 374 cm³/mol. The molecule has 502 valence electrons. The molecule has 0 spiro atoms. The minimum atomic E-state index is -4.46. The van der Waals surface area contributed by atoms with E-state index in [0.717, 1.165) is 77.0 Å². The number of allylic oxidation sites excluding steroid dienone is 11. The molecule has 0 saturated carbocycles. The third-order valence-electron chi connectivity index (χ3n) is 16.4. The average molecular weight is 1230 g/mol. The first-order valence-corrected chi connectivity index (χ1v) is 38.3. The van der Waals surface area contributed by atoms with Crippen LogP contribution in [0, 0.1) is 0 Å². The average Bonchev–Trinajstić information content (AvgIpc) is 3.65. The number of hydrogen-bond donors (Lipinski definition) is 2. The van der Waals surface area contributed by atoms with Crippen LogP contribution in [0.3, 0.4) is 0 Å². The SMILES string of the molecule is CCCCC/C=C\C/C=C\C/C=C\CCCCCCCCCCCCCCC(=O)OC(/C=C/CCCCCCCCCCCC)C(COP(=O)(O)OCC[N+](C)(C)C)NC(=O)CCCCCCCCCCCCCCC/C=C\C/C=C\CCCCC. The highest BCUT2D eigenvalue weighted by Gasteiger charge is 2.30. The highest BCUT2D eigenvalue weighted by molar-refractivity contribution is 7.47. The number of nitrogens with zero attached hydrogens (tertiary/aromatic N) is 1. The number of carbonyl (C=O) groups excluding carboxylic acids is 2. The third kappa shape index (κ3) is 65.9. The number of unbranched alkanes of at least 4 members (excludes halogenated alkanes) is 41. The van der Waals surface area contributed by atoms with Crippen molar-refractivity contribution in [1.29, 1.82) is 0 Å². The molecule has 0 fully saturated rings. The van der Waals surface area contributed by atoms with E-state index in [2.05, 4.69) is 86.8 Å². The van der Waals surface area contributed by atoms with Gasteiger partial charge in [-0.05, 0) is 102 Å². The molecule has 0 heterocycles. The van der Waals surface area contributed by atoms with Crippen molar-refractivity contribution in [2.24, 2.45) is 0 Å². The summed E-state index contributed by atoms with van der Waals surface area (Å²) in [5.74, 6) is -0.496. The number of phosphoric ester groups is 1. The fourth-order valence-corrected chi connectivity index (χ4v) is 11.4. The summed E-state index contributed by atoms with van der Waals surface area (Å²) >= 11 is 0. The molecule has 0 saturated heterocycles. The zero-order valence-electron chi connectivity index (χ0n) is 57.6. The maximum atomic E-state index is 13.6. The largest absolute Gasteiger partial charge is 0.472 e. The van der Waals surface area contributed by atoms with Crippen LogP contribution in [-0.2, 0) is 27.9 Å². The topological polar surface area (TPSA) is 111 Å². The minimum absolute atomic E-state index is 0.0392. The molecule has 86 heavy (non-hydrogen) atoms. The first-order chi connectivity index (χ1) is 41.9. The van der Waals surface area contributed by atoms with E-state index in [1.165, 1.54) is 238 Å². The second-order valence-corrected chi connectivity index (χ2v) is 27.6. The Labute approximate surface area is 533 Å². The van der Waals surface area contributed by atoms with Crippen LogP contribution in [0.15, 0.2) is 72.9 Å². The van der Waals surface area contributed by atoms with E-state index < -0.39 is 20.0 Å². The number of amides is 1. The summed E-state index contributed by atoms with van der Waals surface area (Å²) in [6.45, 7) is 7.00. The Kier molecular flexibility index (Phi) is 63.5. The van der Waals surface area contributed by atoms with E-state index in [1.54, 1.807) is 0 Å². The van der Waals surface area contributed by atoms with Gasteiger partial charge in [0.25, 0.3) is 0 Å². The van der Waals surface area contributed by atoms with Crippen molar-refractivity contribution >= 4 is 19.7 Å². The molecule has 0 aliphatic rings. The van der Waals surface area contributed by atoms with Crippen molar-refractivity contribution < 1.29 is 37.3 Å². The van der Waals surface area contributed by atoms with Crippen LogP contribution in [0.1, 0.15) is 348 Å². The quantitative estimate of drug-likeness (QED) is 0.0205. The van der Waals surface area contributed by atoms with E-state index in [1.807, 2.05) is 33.3 Å². The Morgan fingerprint density at radius 3 is 1.08 bits per heavy atom. The van der Waals surface area contributed by atoms with E-state index in [-0.39, 0.29) is 31.5 Å². The van der Waals surface area contributed by atoms with Crippen molar-refractivity contribution in [2.75, 3.05) is 40.9 Å². The molecule has 0 aromatic rings. The summed E-state index contributed by atoms with van der Waals surface area (Å²) in [6, 6.07) is -0.852. The van der Waals surface area contributed by atoms with E-state index >= 15 is 0 Å². The van der Waals surface area contributed by atoms with Crippen LogP contribution in [0.25, 0.3) is 0 Å². The lowest BCUT2D eigenvalue weighted by Crippen LogP contribution is -2.47. The van der Waals surface area contributed by atoms with Crippen LogP contribution >= 0.6 is 7.82 Å². The molecule has 3 atom stereocenters. The highest BCUT2D eigenvalue weighted by atomic mass is 31.2. The van der Waals surface area contributed by atoms with Gasteiger partial charge in [0.15, 0.2) is 0 Å². The van der Waals surface area contributed by atoms with Gasteiger partial charge in [0.2, 0.25) is 5.91 Å². The first-order valence-electron chi connectivity index (χ1n) is 36.8. The summed E-state index contributed by atoms with van der Waals surface area (Å²) in [7, 11) is 1.50. The summed E-state index contributed by atoms with van der Waals surface area (Å²) in [4.78, 5) is 37.9. The predicted octanol–water partition coefficient (Wildman–Crippen LogP) is 23.5. The molecule has 0 aromatic heterocycles. The number of hydrogen-bond acceptors (Lipinski definition) is 6. The van der Waals surface area contributed by atoms with Gasteiger partial charge in [0.1, 0.15) is 19.3 Å². The number of likely N-dealkylation sites (N-methyl/N-ethyl adjacent to an activating group) is 1. The Morgan fingerprint density at radius 1 is 0.407 bits per heavy atom. The smallest absolute Gasteiger partial charge is 0.456 e. The molecular formula is C76H142N2O7P+. The number of ether oxygens (including phenoxy) is 1. The lowest BCUT2D eigenvalue weighted by molar-refractivity contribution is -0.870. The summed E-state index contributed by atoms with van der Waals surface area (Å²) in [5, 5.41) is 3.08. The Balaban J connectivity index is 5.02. The lowest BCUT2D eigenvalue weighted by Gasteiger charge is -2.27. The van der Waals surface area contributed by atoms with Crippen molar-refractivity contribution in [2.45, 2.75) is 360 Å². The second kappa shape index (κ2) is 65.4. The van der Waals surface area contributed by atoms with Gasteiger partial charge >= 0.3 is 13.8 Å². The van der Waals surface area contributed by atoms with Crippen LogP contribution < -0.4 is 5.32 Å². The van der Waals surface area contributed by atoms with Crippen LogP contribution in [-0.4, -0.2) is 74.3 Å². The summed E-state index contributed by atoms with van der Waals surface area (Å²) in [6.07, 6.45) is 86.3. The van der Waals surface area contributed by atoms with E-state index in [4.69, 9.17) is 13.8 Å². The zero-order chi connectivity index (χ0) is 62.8. The first kappa shape index (κ1) is 83.5. The highest BCUT2D eigenvalue weighted by Crippen LogP contribution is 2.43. The summed E-state index contributed by atoms with van der Waals surface area (Å²) in [5.41, 5.74) is 0. The Morgan fingerprint density at radius 2 is 0.709 bits per heavy atom. The third-order valence-corrected chi connectivity index (χ3v) is 17.4. The van der Waals surface area contributed by atoms with Gasteiger partial charge in [0.05, 0.1) is 33.8 Å². The van der Waals surface area contributed by atoms with E-state index in [9.17, 15) is 19.0 Å². The van der Waals surface area contributed by atoms with Crippen LogP contribution in [0.2, 0.25) is 0 Å². The van der Waals surface area contributed by atoms with Gasteiger partial charge in [-0.25, -0.2) is 4.57 Å². The second-order valence-electron chi connectivity index (χ2n) is 26.1. The van der Waals surface area contributed by atoms with Gasteiger partial charge in [-0.15, -0.1) is 0 Å². The number of phosphoric acid groups is 1. The molecule has 0 aliphatic heterocycles. The van der Waals surface area contributed by atoms with Crippen molar-refractivity contribution in [3.63, 3.8) is 0 Å². The molecule has 1 amide bonds. The number of quaternary nitrogens is 1. The molecule has 0 aromatic carbocycles. The summed E-state index contributed by atoms with van der Waals surface area (Å²) < 4.78 is 30.9. The number of esters is 1.